The van der Waals surface area contributed by atoms with Gasteiger partial charge < -0.3 is 4.74 Å². The molecule has 1 heterocycles. The van der Waals surface area contributed by atoms with E-state index in [0.29, 0.717) is 0 Å². The van der Waals surface area contributed by atoms with Gasteiger partial charge in [-0.05, 0) is 48.8 Å². The van der Waals surface area contributed by atoms with Crippen LogP contribution in [0.15, 0.2) is 42.5 Å². The van der Waals surface area contributed by atoms with Gasteiger partial charge in [0.1, 0.15) is 6.61 Å². The molecule has 2 amide bonds. The number of ether oxygens (including phenoxy) is 1. The summed E-state index contributed by atoms with van der Waals surface area (Å²) in [7, 11) is 0. The number of allylic oxidation sites excluding steroid dienone is 1. The summed E-state index contributed by atoms with van der Waals surface area (Å²) in [5, 5.41) is 2.12. The van der Waals surface area contributed by atoms with Crippen molar-refractivity contribution in [3.05, 3.63) is 59.2 Å². The Hall–Kier alpha value is -2.69. The predicted molar refractivity (Wildman–Crippen MR) is 118 cm³/mol. The Kier molecular flexibility index (Phi) is 10.1. The molecule has 0 unspecified atom stereocenters. The molecule has 1 aliphatic heterocycles. The Morgan fingerprint density at radius 3 is 2.47 bits per heavy atom. The Labute approximate surface area is 179 Å². The average molecular weight is 412 g/mol. The first-order valence-electron chi connectivity index (χ1n) is 11.0. The van der Waals surface area contributed by atoms with Gasteiger partial charge in [-0.2, -0.15) is 0 Å². The zero-order valence-corrected chi connectivity index (χ0v) is 18.0. The standard InChI is InChI=1S/C25H33NO4/c1-3-5-6-7-8-9-10-11-12-19-13-14-21(20(4-2)15-19)18-30-24(28)17-22-16-23(27)26-25(22)29/h3,13-16H,1,4-12,17-18H2,2H3,(H,26,27,29). The van der Waals surface area contributed by atoms with Crippen LogP contribution in [-0.2, 0) is 38.6 Å². The van der Waals surface area contributed by atoms with Gasteiger partial charge in [-0.15, -0.1) is 6.58 Å². The smallest absolute Gasteiger partial charge is 0.310 e. The molecule has 1 N–H and O–H groups in total. The molecule has 0 fully saturated rings. The maximum atomic E-state index is 12.0. The zero-order valence-electron chi connectivity index (χ0n) is 18.0. The fourth-order valence-electron chi connectivity index (χ4n) is 3.58. The topological polar surface area (TPSA) is 72.5 Å². The van der Waals surface area contributed by atoms with Crippen molar-refractivity contribution in [1.29, 1.82) is 0 Å². The molecular formula is C25H33NO4. The quantitative estimate of drug-likeness (QED) is 0.208. The second-order valence-corrected chi connectivity index (χ2v) is 7.73. The minimum atomic E-state index is -0.521. The molecule has 2 rings (SSSR count). The molecule has 1 aliphatic rings. The van der Waals surface area contributed by atoms with Gasteiger partial charge in [0.2, 0.25) is 0 Å². The lowest BCUT2D eigenvalue weighted by Crippen LogP contribution is -2.23. The van der Waals surface area contributed by atoms with Crippen molar-refractivity contribution in [2.24, 2.45) is 0 Å². The number of esters is 1. The van der Waals surface area contributed by atoms with Gasteiger partial charge in [0.05, 0.1) is 6.42 Å². The van der Waals surface area contributed by atoms with Crippen LogP contribution in [0, 0.1) is 0 Å². The largest absolute Gasteiger partial charge is 0.461 e. The third-order valence-corrected chi connectivity index (χ3v) is 5.33. The summed E-state index contributed by atoms with van der Waals surface area (Å²) in [6, 6.07) is 6.35. The average Bonchev–Trinajstić information content (AvgIpc) is 3.05. The molecule has 0 atom stereocenters. The van der Waals surface area contributed by atoms with Crippen molar-refractivity contribution in [1.82, 2.24) is 5.32 Å². The number of hydrogen-bond donors (Lipinski definition) is 1. The monoisotopic (exact) mass is 411 g/mol. The summed E-state index contributed by atoms with van der Waals surface area (Å²) < 4.78 is 5.33. The normalized spacial score (nSPS) is 13.2. The van der Waals surface area contributed by atoms with Crippen LogP contribution in [0.2, 0.25) is 0 Å². The van der Waals surface area contributed by atoms with Crippen molar-refractivity contribution >= 4 is 17.8 Å². The summed E-state index contributed by atoms with van der Waals surface area (Å²) in [5.41, 5.74) is 3.63. The maximum absolute atomic E-state index is 12.0. The first-order chi connectivity index (χ1) is 14.5. The van der Waals surface area contributed by atoms with Crippen LogP contribution < -0.4 is 5.32 Å². The molecule has 1 aromatic rings. The van der Waals surface area contributed by atoms with Gasteiger partial charge >= 0.3 is 5.97 Å². The third-order valence-electron chi connectivity index (χ3n) is 5.33. The van der Waals surface area contributed by atoms with Crippen molar-refractivity contribution in [3.8, 4) is 0 Å². The SMILES string of the molecule is C=CCCCCCCCCc1ccc(COC(=O)CC2=CC(=O)NC2=O)c(CC)c1. The number of carbonyl (C=O) groups excluding carboxylic acids is 3. The summed E-state index contributed by atoms with van der Waals surface area (Å²) in [6.07, 6.45) is 13.6. The zero-order chi connectivity index (χ0) is 21.8. The molecule has 0 saturated carbocycles. The van der Waals surface area contributed by atoms with Gasteiger partial charge in [-0.1, -0.05) is 56.9 Å². The van der Waals surface area contributed by atoms with Crippen LogP contribution in [0.3, 0.4) is 0 Å². The molecule has 5 heteroatoms. The van der Waals surface area contributed by atoms with Crippen molar-refractivity contribution < 1.29 is 19.1 Å². The molecule has 0 radical (unpaired) electrons. The molecule has 0 aliphatic carbocycles. The molecule has 0 spiro atoms. The fraction of sp³-hybridized carbons (Fsp3) is 0.480. The molecule has 0 bridgehead atoms. The maximum Gasteiger partial charge on any atom is 0.310 e. The molecule has 162 valence electrons. The highest BCUT2D eigenvalue weighted by Gasteiger charge is 2.23. The highest BCUT2D eigenvalue weighted by molar-refractivity contribution is 6.17. The Morgan fingerprint density at radius 2 is 1.80 bits per heavy atom. The van der Waals surface area contributed by atoms with Crippen LogP contribution >= 0.6 is 0 Å². The van der Waals surface area contributed by atoms with E-state index >= 15 is 0 Å². The van der Waals surface area contributed by atoms with E-state index in [2.05, 4.69) is 31.0 Å². The molecular weight excluding hydrogens is 378 g/mol. The number of rotatable bonds is 14. The number of amides is 2. The number of carbonyl (C=O) groups is 3. The lowest BCUT2D eigenvalue weighted by Gasteiger charge is -2.11. The lowest BCUT2D eigenvalue weighted by atomic mass is 9.98. The van der Waals surface area contributed by atoms with Crippen molar-refractivity contribution in [3.63, 3.8) is 0 Å². The number of aryl methyl sites for hydroxylation is 2. The van der Waals surface area contributed by atoms with E-state index in [1.807, 2.05) is 12.1 Å². The van der Waals surface area contributed by atoms with Gasteiger partial charge in [0, 0.05) is 11.6 Å². The third kappa shape index (κ3) is 7.97. The van der Waals surface area contributed by atoms with Crippen LogP contribution in [0.5, 0.6) is 0 Å². The number of unbranched alkanes of at least 4 members (excludes halogenated alkanes) is 6. The molecule has 30 heavy (non-hydrogen) atoms. The second-order valence-electron chi connectivity index (χ2n) is 7.73. The van der Waals surface area contributed by atoms with Crippen LogP contribution in [0.1, 0.15) is 75.0 Å². The van der Waals surface area contributed by atoms with E-state index in [4.69, 9.17) is 4.74 Å². The minimum absolute atomic E-state index is 0.150. The summed E-state index contributed by atoms with van der Waals surface area (Å²) in [6.45, 7) is 6.02. The van der Waals surface area contributed by atoms with E-state index in [1.54, 1.807) is 0 Å². The highest BCUT2D eigenvalue weighted by atomic mass is 16.5. The second kappa shape index (κ2) is 12.8. The predicted octanol–water partition coefficient (Wildman–Crippen LogP) is 4.72. The summed E-state index contributed by atoms with van der Waals surface area (Å²) in [4.78, 5) is 34.7. The Balaban J connectivity index is 1.74. The van der Waals surface area contributed by atoms with Crippen LogP contribution in [0.25, 0.3) is 0 Å². The Morgan fingerprint density at radius 1 is 1.07 bits per heavy atom. The molecule has 5 nitrogen and oxygen atoms in total. The van der Waals surface area contributed by atoms with E-state index in [1.165, 1.54) is 49.7 Å². The first-order valence-corrected chi connectivity index (χ1v) is 11.0. The van der Waals surface area contributed by atoms with E-state index in [9.17, 15) is 14.4 Å². The number of imide groups is 1. The molecule has 0 aromatic heterocycles. The highest BCUT2D eigenvalue weighted by Crippen LogP contribution is 2.18. The Bertz CT molecular complexity index is 794. The molecule has 1 aromatic carbocycles. The fourth-order valence-corrected chi connectivity index (χ4v) is 3.58. The van der Waals surface area contributed by atoms with E-state index in [-0.39, 0.29) is 18.6 Å². The summed E-state index contributed by atoms with van der Waals surface area (Å²) >= 11 is 0. The van der Waals surface area contributed by atoms with Crippen molar-refractivity contribution in [2.45, 2.75) is 77.7 Å². The van der Waals surface area contributed by atoms with Crippen LogP contribution in [0.4, 0.5) is 0 Å². The van der Waals surface area contributed by atoms with Gasteiger partial charge in [0.15, 0.2) is 0 Å². The summed E-state index contributed by atoms with van der Waals surface area (Å²) in [5.74, 6) is -1.52. The van der Waals surface area contributed by atoms with Gasteiger partial charge in [-0.3, -0.25) is 19.7 Å². The number of benzene rings is 1. The minimum Gasteiger partial charge on any atom is -0.461 e. The van der Waals surface area contributed by atoms with Gasteiger partial charge in [0.25, 0.3) is 11.8 Å². The van der Waals surface area contributed by atoms with Crippen molar-refractivity contribution in [2.75, 3.05) is 0 Å². The number of nitrogens with one attached hydrogen (secondary N) is 1. The van der Waals surface area contributed by atoms with E-state index in [0.717, 1.165) is 30.9 Å². The molecule has 0 saturated heterocycles. The number of hydrogen-bond acceptors (Lipinski definition) is 4. The van der Waals surface area contributed by atoms with Crippen LogP contribution in [-0.4, -0.2) is 17.8 Å². The van der Waals surface area contributed by atoms with E-state index < -0.39 is 17.8 Å². The lowest BCUT2D eigenvalue weighted by molar-refractivity contribution is -0.144. The van der Waals surface area contributed by atoms with Gasteiger partial charge in [-0.25, -0.2) is 0 Å². The first kappa shape index (κ1) is 23.6.